The first-order valence-corrected chi connectivity index (χ1v) is 9.62. The molecular weight excluding hydrogens is 386 g/mol. The number of ether oxygens (including phenoxy) is 1. The van der Waals surface area contributed by atoms with Gasteiger partial charge in [0.25, 0.3) is 5.56 Å². The van der Waals surface area contributed by atoms with E-state index in [1.54, 1.807) is 49.6 Å². The van der Waals surface area contributed by atoms with Gasteiger partial charge in [0.2, 0.25) is 5.91 Å². The van der Waals surface area contributed by atoms with Crippen molar-refractivity contribution >= 4 is 40.2 Å². The molecule has 2 aromatic carbocycles. The van der Waals surface area contributed by atoms with Crippen LogP contribution in [0, 0.1) is 0 Å². The molecule has 3 rings (SSSR count). The molecule has 0 radical (unpaired) electrons. The number of thioether (sulfide) groups is 1. The van der Waals surface area contributed by atoms with Crippen LogP contribution in [0.15, 0.2) is 58.5 Å². The molecule has 1 aromatic heterocycles. The van der Waals surface area contributed by atoms with Gasteiger partial charge < -0.3 is 10.1 Å². The molecule has 0 spiro atoms. The number of nitrogens with one attached hydrogen (secondary N) is 1. The number of aromatic nitrogens is 2. The maximum Gasteiger partial charge on any atom is 0.266 e. The van der Waals surface area contributed by atoms with Crippen LogP contribution in [0.4, 0.5) is 0 Å². The highest BCUT2D eigenvalue weighted by atomic mass is 35.5. The number of fused-ring (bicyclic) bond motifs is 1. The zero-order valence-corrected chi connectivity index (χ0v) is 16.2. The zero-order chi connectivity index (χ0) is 19.2. The summed E-state index contributed by atoms with van der Waals surface area (Å²) in [6.07, 6.45) is 0. The van der Waals surface area contributed by atoms with Crippen molar-refractivity contribution in [1.29, 1.82) is 0 Å². The molecule has 0 bridgehead atoms. The van der Waals surface area contributed by atoms with E-state index >= 15 is 0 Å². The number of rotatable bonds is 7. The molecule has 0 aliphatic rings. The molecule has 140 valence electrons. The number of hydrogen-bond acceptors (Lipinski definition) is 5. The molecular formula is C19H18ClN3O3S. The molecule has 0 saturated heterocycles. The summed E-state index contributed by atoms with van der Waals surface area (Å²) in [5.41, 5.74) is 0.987. The summed E-state index contributed by atoms with van der Waals surface area (Å²) in [6, 6.07) is 14.1. The summed E-state index contributed by atoms with van der Waals surface area (Å²) in [6.45, 7) is 0.875. The largest absolute Gasteiger partial charge is 0.383 e. The Balaban J connectivity index is 1.98. The average molecular weight is 404 g/mol. The fourth-order valence-electron chi connectivity index (χ4n) is 2.53. The number of methoxy groups -OCH3 is 1. The predicted octanol–water partition coefficient (Wildman–Crippen LogP) is 2.89. The van der Waals surface area contributed by atoms with Gasteiger partial charge in [-0.1, -0.05) is 41.6 Å². The summed E-state index contributed by atoms with van der Waals surface area (Å²) in [5, 5.41) is 4.21. The number of amides is 1. The van der Waals surface area contributed by atoms with Crippen LogP contribution in [-0.4, -0.2) is 41.5 Å². The van der Waals surface area contributed by atoms with Crippen LogP contribution in [0.1, 0.15) is 0 Å². The highest BCUT2D eigenvalue weighted by molar-refractivity contribution is 7.99. The minimum Gasteiger partial charge on any atom is -0.383 e. The number of halogens is 1. The van der Waals surface area contributed by atoms with Crippen molar-refractivity contribution in [2.45, 2.75) is 5.16 Å². The van der Waals surface area contributed by atoms with Crippen LogP contribution in [0.5, 0.6) is 0 Å². The van der Waals surface area contributed by atoms with Crippen molar-refractivity contribution in [3.05, 3.63) is 63.9 Å². The molecule has 0 aliphatic carbocycles. The smallest absolute Gasteiger partial charge is 0.266 e. The lowest BCUT2D eigenvalue weighted by Crippen LogP contribution is -2.29. The van der Waals surface area contributed by atoms with E-state index in [1.807, 2.05) is 6.07 Å². The molecule has 3 aromatic rings. The highest BCUT2D eigenvalue weighted by Gasteiger charge is 2.15. The summed E-state index contributed by atoms with van der Waals surface area (Å²) in [7, 11) is 1.57. The third-order valence-corrected chi connectivity index (χ3v) is 4.95. The zero-order valence-electron chi connectivity index (χ0n) is 14.6. The van der Waals surface area contributed by atoms with E-state index in [2.05, 4.69) is 10.3 Å². The van der Waals surface area contributed by atoms with E-state index in [1.165, 1.54) is 16.3 Å². The fraction of sp³-hybridized carbons (Fsp3) is 0.211. The molecule has 0 fully saturated rings. The van der Waals surface area contributed by atoms with E-state index in [0.717, 1.165) is 0 Å². The average Bonchev–Trinajstić information content (AvgIpc) is 2.66. The van der Waals surface area contributed by atoms with E-state index in [9.17, 15) is 9.59 Å². The topological polar surface area (TPSA) is 73.2 Å². The van der Waals surface area contributed by atoms with Crippen LogP contribution in [0.3, 0.4) is 0 Å². The van der Waals surface area contributed by atoms with Crippen molar-refractivity contribution in [2.24, 2.45) is 0 Å². The minimum atomic E-state index is -0.204. The summed E-state index contributed by atoms with van der Waals surface area (Å²) < 4.78 is 6.40. The molecule has 0 aliphatic heterocycles. The second-order valence-corrected chi connectivity index (χ2v) is 7.04. The van der Waals surface area contributed by atoms with Gasteiger partial charge in [-0.3, -0.25) is 14.2 Å². The number of para-hydroxylation sites is 1. The monoisotopic (exact) mass is 403 g/mol. The van der Waals surface area contributed by atoms with Crippen LogP contribution in [0.2, 0.25) is 5.02 Å². The molecule has 0 atom stereocenters. The molecule has 27 heavy (non-hydrogen) atoms. The lowest BCUT2D eigenvalue weighted by molar-refractivity contribution is -0.118. The van der Waals surface area contributed by atoms with Gasteiger partial charge in [0.1, 0.15) is 0 Å². The van der Waals surface area contributed by atoms with E-state index in [-0.39, 0.29) is 17.2 Å². The third-order valence-electron chi connectivity index (χ3n) is 3.77. The van der Waals surface area contributed by atoms with Crippen LogP contribution in [0.25, 0.3) is 16.6 Å². The van der Waals surface area contributed by atoms with Crippen LogP contribution in [-0.2, 0) is 9.53 Å². The Morgan fingerprint density at radius 1 is 1.26 bits per heavy atom. The summed E-state index contributed by atoms with van der Waals surface area (Å²) >= 11 is 7.30. The van der Waals surface area contributed by atoms with Gasteiger partial charge in [-0.2, -0.15) is 0 Å². The Kier molecular flexibility index (Phi) is 6.49. The Morgan fingerprint density at radius 2 is 2.07 bits per heavy atom. The SMILES string of the molecule is COCCNC(=O)CSc1nc2ccccc2c(=O)n1-c1cccc(Cl)c1. The normalized spacial score (nSPS) is 10.9. The number of nitrogens with zero attached hydrogens (tertiary/aromatic N) is 2. The molecule has 1 N–H and O–H groups in total. The maximum absolute atomic E-state index is 13.1. The summed E-state index contributed by atoms with van der Waals surface area (Å²) in [5.74, 6) is -0.0215. The highest BCUT2D eigenvalue weighted by Crippen LogP contribution is 2.22. The van der Waals surface area contributed by atoms with Crippen molar-refractivity contribution in [3.8, 4) is 5.69 Å². The fourth-order valence-corrected chi connectivity index (χ4v) is 3.55. The first-order valence-electron chi connectivity index (χ1n) is 8.26. The van der Waals surface area contributed by atoms with Gasteiger partial charge in [0.15, 0.2) is 5.16 Å². The second kappa shape index (κ2) is 9.03. The number of carbonyl (C=O) groups excluding carboxylic acids is 1. The summed E-state index contributed by atoms with van der Waals surface area (Å²) in [4.78, 5) is 29.7. The second-order valence-electron chi connectivity index (χ2n) is 5.66. The minimum absolute atomic E-state index is 0.134. The molecule has 1 heterocycles. The molecule has 0 saturated carbocycles. The van der Waals surface area contributed by atoms with Gasteiger partial charge in [-0.25, -0.2) is 4.98 Å². The Hall–Kier alpha value is -2.35. The lowest BCUT2D eigenvalue weighted by atomic mass is 10.2. The van der Waals surface area contributed by atoms with E-state index < -0.39 is 0 Å². The molecule has 8 heteroatoms. The molecule has 0 unspecified atom stereocenters. The Morgan fingerprint density at radius 3 is 2.85 bits per heavy atom. The van der Waals surface area contributed by atoms with Crippen molar-refractivity contribution in [3.63, 3.8) is 0 Å². The van der Waals surface area contributed by atoms with Gasteiger partial charge in [0.05, 0.1) is 29.0 Å². The number of carbonyl (C=O) groups is 1. The van der Waals surface area contributed by atoms with Crippen molar-refractivity contribution in [2.75, 3.05) is 26.0 Å². The van der Waals surface area contributed by atoms with E-state index in [4.69, 9.17) is 16.3 Å². The third kappa shape index (κ3) is 4.68. The first-order chi connectivity index (χ1) is 13.1. The molecule has 1 amide bonds. The maximum atomic E-state index is 13.1. The van der Waals surface area contributed by atoms with Gasteiger partial charge >= 0.3 is 0 Å². The van der Waals surface area contributed by atoms with Crippen molar-refractivity contribution < 1.29 is 9.53 Å². The standard InChI is InChI=1S/C19H18ClN3O3S/c1-26-10-9-21-17(24)12-27-19-22-16-8-3-2-7-15(16)18(25)23(19)14-6-4-5-13(20)11-14/h2-8,11H,9-10,12H2,1H3,(H,21,24). The Bertz CT molecular complexity index is 1020. The Labute approximate surface area is 165 Å². The number of hydrogen-bond donors (Lipinski definition) is 1. The van der Waals surface area contributed by atoms with Gasteiger partial charge in [-0.05, 0) is 30.3 Å². The first kappa shape index (κ1) is 19.4. The quantitative estimate of drug-likeness (QED) is 0.373. The van der Waals surface area contributed by atoms with Gasteiger partial charge in [0, 0.05) is 18.7 Å². The van der Waals surface area contributed by atoms with E-state index in [0.29, 0.717) is 39.9 Å². The van der Waals surface area contributed by atoms with Gasteiger partial charge in [-0.15, -0.1) is 0 Å². The lowest BCUT2D eigenvalue weighted by Gasteiger charge is -2.13. The van der Waals surface area contributed by atoms with Crippen molar-refractivity contribution in [1.82, 2.24) is 14.9 Å². The predicted molar refractivity (Wildman–Crippen MR) is 108 cm³/mol. The molecule has 6 nitrogen and oxygen atoms in total. The van der Waals surface area contributed by atoms with Crippen LogP contribution >= 0.6 is 23.4 Å². The van der Waals surface area contributed by atoms with Crippen LogP contribution < -0.4 is 10.9 Å². The number of benzene rings is 2.